The molecule has 1 aromatic heterocycles. The number of aliphatic hydroxyl groups excluding tert-OH is 1. The number of rotatable bonds is 5. The smallest absolute Gasteiger partial charge is 0.260 e. The van der Waals surface area contributed by atoms with Gasteiger partial charge in [0, 0.05) is 18.8 Å². The molecule has 2 rings (SSSR count). The molecule has 0 aliphatic rings. The van der Waals surface area contributed by atoms with E-state index in [-0.39, 0.29) is 17.6 Å². The van der Waals surface area contributed by atoms with Crippen molar-refractivity contribution in [3.63, 3.8) is 0 Å². The molecule has 0 atom stereocenters. The summed E-state index contributed by atoms with van der Waals surface area (Å²) >= 11 is 0. The Bertz CT molecular complexity index is 664. The van der Waals surface area contributed by atoms with Gasteiger partial charge in [-0.2, -0.15) is 0 Å². The molecule has 0 unspecified atom stereocenters. The predicted octanol–water partition coefficient (Wildman–Crippen LogP) is 1.33. The minimum atomic E-state index is -0.218. The molecule has 108 valence electrons. The van der Waals surface area contributed by atoms with Crippen molar-refractivity contribution in [2.75, 3.05) is 24.2 Å². The summed E-state index contributed by atoms with van der Waals surface area (Å²) in [5, 5.41) is 12.6. The maximum atomic E-state index is 12.0. The molecule has 0 spiro atoms. The number of nitrogens with one attached hydrogen (secondary N) is 2. The van der Waals surface area contributed by atoms with Crippen molar-refractivity contribution in [3.8, 4) is 0 Å². The lowest BCUT2D eigenvalue weighted by Crippen LogP contribution is -2.26. The fourth-order valence-electron chi connectivity index (χ4n) is 1.95. The van der Waals surface area contributed by atoms with Gasteiger partial charge in [0.15, 0.2) is 0 Å². The zero-order valence-electron chi connectivity index (χ0n) is 11.7. The summed E-state index contributed by atoms with van der Waals surface area (Å²) in [5.41, 5.74) is 6.50. The second-order valence-corrected chi connectivity index (χ2v) is 5.68. The molecule has 5 N–H and O–H groups in total. The van der Waals surface area contributed by atoms with Crippen molar-refractivity contribution >= 4 is 22.5 Å². The topological polar surface area (TPSA) is 104 Å². The van der Waals surface area contributed by atoms with Gasteiger partial charge >= 0.3 is 0 Å². The number of aliphatic hydroxyl groups is 1. The summed E-state index contributed by atoms with van der Waals surface area (Å²) in [5.74, 6) is 0.429. The SMILES string of the molecule is CC(C)(CCO)CNc1nc2ccc(N)cc2c(=O)[nH]1. The van der Waals surface area contributed by atoms with Gasteiger partial charge in [0.2, 0.25) is 5.95 Å². The number of hydrogen-bond donors (Lipinski definition) is 4. The van der Waals surface area contributed by atoms with Crippen LogP contribution < -0.4 is 16.6 Å². The molecule has 0 bridgehead atoms. The van der Waals surface area contributed by atoms with E-state index >= 15 is 0 Å². The van der Waals surface area contributed by atoms with Crippen molar-refractivity contribution < 1.29 is 5.11 Å². The van der Waals surface area contributed by atoms with Crippen LogP contribution in [0.5, 0.6) is 0 Å². The van der Waals surface area contributed by atoms with Gasteiger partial charge in [-0.1, -0.05) is 13.8 Å². The van der Waals surface area contributed by atoms with E-state index in [9.17, 15) is 4.79 Å². The van der Waals surface area contributed by atoms with Gasteiger partial charge in [0.1, 0.15) is 0 Å². The Balaban J connectivity index is 2.24. The van der Waals surface area contributed by atoms with Crippen LogP contribution in [0.15, 0.2) is 23.0 Å². The highest BCUT2D eigenvalue weighted by Crippen LogP contribution is 2.20. The van der Waals surface area contributed by atoms with Crippen molar-refractivity contribution in [3.05, 3.63) is 28.6 Å². The Morgan fingerprint density at radius 2 is 2.20 bits per heavy atom. The van der Waals surface area contributed by atoms with E-state index < -0.39 is 0 Å². The molecule has 20 heavy (non-hydrogen) atoms. The third-order valence-corrected chi connectivity index (χ3v) is 3.25. The number of aromatic nitrogens is 2. The molecule has 0 radical (unpaired) electrons. The lowest BCUT2D eigenvalue weighted by Gasteiger charge is -2.23. The van der Waals surface area contributed by atoms with Crippen LogP contribution in [0.3, 0.4) is 0 Å². The molecule has 0 aliphatic carbocycles. The monoisotopic (exact) mass is 276 g/mol. The van der Waals surface area contributed by atoms with Gasteiger partial charge < -0.3 is 16.2 Å². The molecule has 0 fully saturated rings. The fourth-order valence-corrected chi connectivity index (χ4v) is 1.95. The summed E-state index contributed by atoms with van der Waals surface area (Å²) in [7, 11) is 0. The van der Waals surface area contributed by atoms with E-state index in [1.165, 1.54) is 0 Å². The molecule has 0 amide bonds. The van der Waals surface area contributed by atoms with Crippen molar-refractivity contribution in [1.82, 2.24) is 9.97 Å². The average Bonchev–Trinajstić information content (AvgIpc) is 2.37. The molecular weight excluding hydrogens is 256 g/mol. The number of hydrogen-bond acceptors (Lipinski definition) is 5. The second-order valence-electron chi connectivity index (χ2n) is 5.68. The van der Waals surface area contributed by atoms with Gasteiger partial charge in [-0.25, -0.2) is 4.98 Å². The number of nitrogens with zero attached hydrogens (tertiary/aromatic N) is 1. The summed E-state index contributed by atoms with van der Waals surface area (Å²) < 4.78 is 0. The number of benzene rings is 1. The Kier molecular flexibility index (Phi) is 3.94. The van der Waals surface area contributed by atoms with Crippen molar-refractivity contribution in [2.24, 2.45) is 5.41 Å². The van der Waals surface area contributed by atoms with Crippen LogP contribution in [0, 0.1) is 5.41 Å². The highest BCUT2D eigenvalue weighted by Gasteiger charge is 2.17. The van der Waals surface area contributed by atoms with Crippen LogP contribution in [0.4, 0.5) is 11.6 Å². The number of H-pyrrole nitrogens is 1. The largest absolute Gasteiger partial charge is 0.399 e. The van der Waals surface area contributed by atoms with Crippen LogP contribution in [-0.4, -0.2) is 28.2 Å². The zero-order valence-corrected chi connectivity index (χ0v) is 11.7. The first kappa shape index (κ1) is 14.3. The number of nitrogens with two attached hydrogens (primary N) is 1. The summed E-state index contributed by atoms with van der Waals surface area (Å²) in [4.78, 5) is 19.0. The van der Waals surface area contributed by atoms with Crippen LogP contribution in [0.1, 0.15) is 20.3 Å². The average molecular weight is 276 g/mol. The first-order valence-corrected chi connectivity index (χ1v) is 6.55. The molecule has 6 nitrogen and oxygen atoms in total. The van der Waals surface area contributed by atoms with Crippen LogP contribution in [0.2, 0.25) is 0 Å². The predicted molar refractivity (Wildman–Crippen MR) is 80.7 cm³/mol. The Labute approximate surface area is 117 Å². The standard InChI is InChI=1S/C14H20N4O2/c1-14(2,5-6-19)8-16-13-17-11-4-3-9(15)7-10(11)12(20)18-13/h3-4,7,19H,5-6,8,15H2,1-2H3,(H2,16,17,18,20). The normalized spacial score (nSPS) is 11.8. The van der Waals surface area contributed by atoms with Crippen LogP contribution >= 0.6 is 0 Å². The zero-order chi connectivity index (χ0) is 14.8. The van der Waals surface area contributed by atoms with E-state index in [0.29, 0.717) is 35.5 Å². The second kappa shape index (κ2) is 5.50. The van der Waals surface area contributed by atoms with Gasteiger partial charge in [0.25, 0.3) is 5.56 Å². The Morgan fingerprint density at radius 3 is 2.90 bits per heavy atom. The third-order valence-electron chi connectivity index (χ3n) is 3.25. The lowest BCUT2D eigenvalue weighted by atomic mass is 9.90. The van der Waals surface area contributed by atoms with Crippen LogP contribution in [0.25, 0.3) is 10.9 Å². The molecule has 2 aromatic rings. The number of fused-ring (bicyclic) bond motifs is 1. The minimum absolute atomic E-state index is 0.0800. The third kappa shape index (κ3) is 3.27. The maximum absolute atomic E-state index is 12.0. The van der Waals surface area contributed by atoms with Crippen molar-refractivity contribution in [2.45, 2.75) is 20.3 Å². The van der Waals surface area contributed by atoms with Crippen LogP contribution in [-0.2, 0) is 0 Å². The highest BCUT2D eigenvalue weighted by atomic mass is 16.3. The fraction of sp³-hybridized carbons (Fsp3) is 0.429. The molecule has 0 aliphatic heterocycles. The summed E-state index contributed by atoms with van der Waals surface area (Å²) in [6.07, 6.45) is 0.675. The Morgan fingerprint density at radius 1 is 1.45 bits per heavy atom. The molecule has 0 saturated carbocycles. The summed E-state index contributed by atoms with van der Waals surface area (Å²) in [6.45, 7) is 4.82. The van der Waals surface area contributed by atoms with E-state index in [2.05, 4.69) is 15.3 Å². The van der Waals surface area contributed by atoms with E-state index in [1.807, 2.05) is 13.8 Å². The van der Waals surface area contributed by atoms with Gasteiger partial charge in [-0.3, -0.25) is 9.78 Å². The molecule has 0 saturated heterocycles. The quantitative estimate of drug-likeness (QED) is 0.617. The first-order chi connectivity index (χ1) is 9.41. The molecular formula is C14H20N4O2. The van der Waals surface area contributed by atoms with Gasteiger partial charge in [-0.15, -0.1) is 0 Å². The molecule has 6 heteroatoms. The Hall–Kier alpha value is -2.08. The molecule has 1 aromatic carbocycles. The van der Waals surface area contributed by atoms with Gasteiger partial charge in [-0.05, 0) is 30.0 Å². The summed E-state index contributed by atoms with van der Waals surface area (Å²) in [6, 6.07) is 5.05. The van der Waals surface area contributed by atoms with E-state index in [1.54, 1.807) is 18.2 Å². The van der Waals surface area contributed by atoms with E-state index in [0.717, 1.165) is 0 Å². The highest BCUT2D eigenvalue weighted by molar-refractivity contribution is 5.81. The number of nitrogen functional groups attached to an aromatic ring is 1. The van der Waals surface area contributed by atoms with Crippen molar-refractivity contribution in [1.29, 1.82) is 0 Å². The van der Waals surface area contributed by atoms with E-state index in [4.69, 9.17) is 10.8 Å². The minimum Gasteiger partial charge on any atom is -0.399 e. The maximum Gasteiger partial charge on any atom is 0.260 e. The van der Waals surface area contributed by atoms with Gasteiger partial charge in [0.05, 0.1) is 10.9 Å². The number of anilines is 2. The number of aromatic amines is 1. The lowest BCUT2D eigenvalue weighted by molar-refractivity contribution is 0.220. The molecule has 1 heterocycles. The first-order valence-electron chi connectivity index (χ1n) is 6.55.